The van der Waals surface area contributed by atoms with E-state index in [4.69, 9.17) is 23.7 Å². The van der Waals surface area contributed by atoms with Crippen LogP contribution in [-0.4, -0.2) is 52.5 Å². The number of para-hydroxylation sites is 1. The molecule has 37 heavy (non-hydrogen) atoms. The molecule has 0 saturated heterocycles. The number of benzene rings is 3. The normalized spacial score (nSPS) is 18.4. The van der Waals surface area contributed by atoms with Gasteiger partial charge in [0, 0.05) is 36.0 Å². The number of carbonyl (C=O) groups is 2. The molecule has 3 aliphatic rings. The minimum Gasteiger partial charge on any atom is -0.493 e. The molecule has 0 aliphatic carbocycles. The SMILES string of the molecule is COc1ccc(C(=O)NCCCN2C(=O)C3(COc4cc5c(cc43)OCO5)c3ccccc32)cc1OC. The number of nitrogens with one attached hydrogen (secondary N) is 1. The van der Waals surface area contributed by atoms with Crippen LogP contribution in [0.2, 0.25) is 0 Å². The van der Waals surface area contributed by atoms with E-state index in [2.05, 4.69) is 5.32 Å². The lowest BCUT2D eigenvalue weighted by Gasteiger charge is -2.23. The molecule has 1 atom stereocenters. The van der Waals surface area contributed by atoms with Gasteiger partial charge in [-0.2, -0.15) is 0 Å². The molecule has 0 aromatic heterocycles. The molecule has 9 nitrogen and oxygen atoms in total. The lowest BCUT2D eigenvalue weighted by molar-refractivity contribution is -0.122. The Morgan fingerprint density at radius 3 is 2.54 bits per heavy atom. The molecule has 0 bridgehead atoms. The predicted octanol–water partition coefficient (Wildman–Crippen LogP) is 3.28. The third-order valence-corrected chi connectivity index (χ3v) is 7.13. The molecule has 9 heteroatoms. The number of carbonyl (C=O) groups excluding carboxylic acids is 2. The summed E-state index contributed by atoms with van der Waals surface area (Å²) in [5.41, 5.74) is 2.09. The summed E-state index contributed by atoms with van der Waals surface area (Å²) in [6, 6.07) is 16.5. The van der Waals surface area contributed by atoms with E-state index in [-0.39, 0.29) is 25.2 Å². The van der Waals surface area contributed by atoms with E-state index in [1.54, 1.807) is 36.3 Å². The summed E-state index contributed by atoms with van der Waals surface area (Å²) in [4.78, 5) is 28.5. The number of fused-ring (bicyclic) bond motifs is 5. The summed E-state index contributed by atoms with van der Waals surface area (Å²) in [7, 11) is 3.07. The van der Waals surface area contributed by atoms with Gasteiger partial charge in [0.1, 0.15) is 17.8 Å². The highest BCUT2D eigenvalue weighted by Crippen LogP contribution is 2.54. The highest BCUT2D eigenvalue weighted by Gasteiger charge is 2.57. The maximum atomic E-state index is 14.0. The first-order valence-electron chi connectivity index (χ1n) is 12.1. The largest absolute Gasteiger partial charge is 0.493 e. The molecule has 2 amide bonds. The second-order valence-electron chi connectivity index (χ2n) is 9.05. The number of hydrogen-bond acceptors (Lipinski definition) is 7. The fourth-order valence-electron chi connectivity index (χ4n) is 5.31. The lowest BCUT2D eigenvalue weighted by Crippen LogP contribution is -2.43. The van der Waals surface area contributed by atoms with Gasteiger partial charge in [-0.3, -0.25) is 9.59 Å². The minimum atomic E-state index is -0.935. The van der Waals surface area contributed by atoms with Gasteiger partial charge in [0.05, 0.1) is 14.2 Å². The Labute approximate surface area is 213 Å². The van der Waals surface area contributed by atoms with Crippen molar-refractivity contribution in [2.24, 2.45) is 0 Å². The van der Waals surface area contributed by atoms with Crippen molar-refractivity contribution in [3.63, 3.8) is 0 Å². The minimum absolute atomic E-state index is 0.0440. The average Bonchev–Trinajstić information content (AvgIpc) is 3.61. The molecule has 6 rings (SSSR count). The van der Waals surface area contributed by atoms with Gasteiger partial charge in [0.2, 0.25) is 12.7 Å². The molecular weight excluding hydrogens is 476 g/mol. The fourth-order valence-corrected chi connectivity index (χ4v) is 5.31. The molecular formula is C28H26N2O7. The first kappa shape index (κ1) is 23.0. The second-order valence-corrected chi connectivity index (χ2v) is 9.05. The number of hydrogen-bond donors (Lipinski definition) is 1. The predicted molar refractivity (Wildman–Crippen MR) is 134 cm³/mol. The Bertz CT molecular complexity index is 1410. The topological polar surface area (TPSA) is 95.6 Å². The van der Waals surface area contributed by atoms with E-state index in [0.717, 1.165) is 16.8 Å². The zero-order valence-electron chi connectivity index (χ0n) is 20.5. The molecule has 0 saturated carbocycles. The summed E-state index contributed by atoms with van der Waals surface area (Å²) < 4.78 is 27.6. The van der Waals surface area contributed by atoms with Crippen molar-refractivity contribution in [1.29, 1.82) is 0 Å². The first-order chi connectivity index (χ1) is 18.1. The molecule has 0 radical (unpaired) electrons. The van der Waals surface area contributed by atoms with Gasteiger partial charge in [0.15, 0.2) is 23.0 Å². The summed E-state index contributed by atoms with van der Waals surface area (Å²) in [6.07, 6.45) is 0.573. The standard InChI is InChI=1S/C28H26N2O7/c1-33-21-9-8-17(12-23(21)34-2)26(31)29-10-5-11-30-20-7-4-3-6-18(20)28(27(30)32)15-35-22-14-25-24(13-19(22)28)36-16-37-25/h3-4,6-9,12-14H,5,10-11,15-16H2,1-2H3,(H,29,31). The quantitative estimate of drug-likeness (QED) is 0.496. The van der Waals surface area contributed by atoms with Gasteiger partial charge in [-0.15, -0.1) is 0 Å². The van der Waals surface area contributed by atoms with Gasteiger partial charge in [-0.05, 0) is 42.3 Å². The van der Waals surface area contributed by atoms with E-state index in [1.165, 1.54) is 7.11 Å². The maximum Gasteiger partial charge on any atom is 0.251 e. The number of anilines is 1. The van der Waals surface area contributed by atoms with Crippen molar-refractivity contribution in [2.45, 2.75) is 11.8 Å². The Balaban J connectivity index is 1.18. The van der Waals surface area contributed by atoms with Crippen LogP contribution in [-0.2, 0) is 10.2 Å². The van der Waals surface area contributed by atoms with Crippen LogP contribution in [0.25, 0.3) is 0 Å². The molecule has 1 spiro atoms. The average molecular weight is 503 g/mol. The zero-order valence-corrected chi connectivity index (χ0v) is 20.5. The smallest absolute Gasteiger partial charge is 0.251 e. The fraction of sp³-hybridized carbons (Fsp3) is 0.286. The molecule has 3 heterocycles. The molecule has 3 aromatic rings. The Morgan fingerprint density at radius 1 is 0.946 bits per heavy atom. The lowest BCUT2D eigenvalue weighted by atomic mass is 9.77. The van der Waals surface area contributed by atoms with Crippen LogP contribution in [0.5, 0.6) is 28.7 Å². The molecule has 3 aromatic carbocycles. The van der Waals surface area contributed by atoms with E-state index in [9.17, 15) is 9.59 Å². The first-order valence-corrected chi connectivity index (χ1v) is 12.1. The number of methoxy groups -OCH3 is 2. The van der Waals surface area contributed by atoms with E-state index in [1.807, 2.05) is 30.3 Å². The van der Waals surface area contributed by atoms with Crippen LogP contribution < -0.4 is 33.9 Å². The summed E-state index contributed by atoms with van der Waals surface area (Å²) in [6.45, 7) is 1.21. The second kappa shape index (κ2) is 8.92. The molecule has 1 N–H and O–H groups in total. The van der Waals surface area contributed by atoms with Crippen LogP contribution in [0.3, 0.4) is 0 Å². The molecule has 190 valence electrons. The number of amides is 2. The third kappa shape index (κ3) is 3.53. The van der Waals surface area contributed by atoms with E-state index < -0.39 is 5.41 Å². The van der Waals surface area contributed by atoms with Crippen molar-refractivity contribution in [2.75, 3.05) is 45.6 Å². The van der Waals surface area contributed by atoms with E-state index in [0.29, 0.717) is 53.8 Å². The van der Waals surface area contributed by atoms with Gasteiger partial charge < -0.3 is 33.9 Å². The Kier molecular flexibility index (Phi) is 5.55. The number of rotatable bonds is 7. The third-order valence-electron chi connectivity index (χ3n) is 7.13. The Hall–Kier alpha value is -4.40. The molecule has 3 aliphatic heterocycles. The summed E-state index contributed by atoms with van der Waals surface area (Å²) in [5, 5.41) is 2.93. The van der Waals surface area contributed by atoms with Crippen molar-refractivity contribution < 1.29 is 33.3 Å². The van der Waals surface area contributed by atoms with Crippen LogP contribution in [0, 0.1) is 0 Å². The van der Waals surface area contributed by atoms with Gasteiger partial charge in [-0.25, -0.2) is 0 Å². The zero-order chi connectivity index (χ0) is 25.6. The number of ether oxygens (including phenoxy) is 5. The summed E-state index contributed by atoms with van der Waals surface area (Å²) >= 11 is 0. The van der Waals surface area contributed by atoms with E-state index >= 15 is 0 Å². The van der Waals surface area contributed by atoms with Crippen LogP contribution >= 0.6 is 0 Å². The van der Waals surface area contributed by atoms with Crippen molar-refractivity contribution >= 4 is 17.5 Å². The van der Waals surface area contributed by atoms with Crippen molar-refractivity contribution in [3.8, 4) is 28.7 Å². The van der Waals surface area contributed by atoms with Crippen LogP contribution in [0.4, 0.5) is 5.69 Å². The molecule has 0 fully saturated rings. The highest BCUT2D eigenvalue weighted by atomic mass is 16.7. The van der Waals surface area contributed by atoms with Gasteiger partial charge >= 0.3 is 0 Å². The Morgan fingerprint density at radius 2 is 1.73 bits per heavy atom. The van der Waals surface area contributed by atoms with Crippen molar-refractivity contribution in [1.82, 2.24) is 5.32 Å². The van der Waals surface area contributed by atoms with Crippen LogP contribution in [0.1, 0.15) is 27.9 Å². The van der Waals surface area contributed by atoms with Crippen molar-refractivity contribution in [3.05, 3.63) is 71.3 Å². The van der Waals surface area contributed by atoms with Gasteiger partial charge in [-0.1, -0.05) is 18.2 Å². The summed E-state index contributed by atoms with van der Waals surface area (Å²) in [5.74, 6) is 2.65. The number of nitrogens with zero attached hydrogens (tertiary/aromatic N) is 1. The van der Waals surface area contributed by atoms with Crippen LogP contribution in [0.15, 0.2) is 54.6 Å². The maximum absolute atomic E-state index is 14.0. The van der Waals surface area contributed by atoms with Gasteiger partial charge in [0.25, 0.3) is 5.91 Å². The molecule has 1 unspecified atom stereocenters. The highest BCUT2D eigenvalue weighted by molar-refractivity contribution is 6.11. The monoisotopic (exact) mass is 502 g/mol.